The van der Waals surface area contributed by atoms with Crippen LogP contribution in [0.5, 0.6) is 5.75 Å². The van der Waals surface area contributed by atoms with Crippen LogP contribution in [-0.4, -0.2) is 7.11 Å². The SMILES string of the molecule is CCCC[C@@H](N)c1ccc(C)c(OC)c1.Cl. The van der Waals surface area contributed by atoms with E-state index in [9.17, 15) is 0 Å². The number of halogens is 1. The van der Waals surface area contributed by atoms with Crippen LogP contribution in [0, 0.1) is 6.92 Å². The molecule has 0 unspecified atom stereocenters. The molecule has 2 nitrogen and oxygen atoms in total. The highest BCUT2D eigenvalue weighted by Gasteiger charge is 2.07. The molecule has 0 aliphatic heterocycles. The molecule has 0 radical (unpaired) electrons. The highest BCUT2D eigenvalue weighted by molar-refractivity contribution is 5.85. The lowest BCUT2D eigenvalue weighted by atomic mass is 10.0. The van der Waals surface area contributed by atoms with E-state index in [0.29, 0.717) is 0 Å². The maximum absolute atomic E-state index is 6.10. The summed E-state index contributed by atoms with van der Waals surface area (Å²) in [5, 5.41) is 0. The normalized spacial score (nSPS) is 11.8. The fourth-order valence-corrected chi connectivity index (χ4v) is 1.66. The van der Waals surface area contributed by atoms with Crippen molar-refractivity contribution >= 4 is 12.4 Å². The van der Waals surface area contributed by atoms with Crippen LogP contribution in [0.3, 0.4) is 0 Å². The Labute approximate surface area is 105 Å². The largest absolute Gasteiger partial charge is 0.496 e. The van der Waals surface area contributed by atoms with Gasteiger partial charge in [0.2, 0.25) is 0 Å². The summed E-state index contributed by atoms with van der Waals surface area (Å²) < 4.78 is 5.28. The van der Waals surface area contributed by atoms with Crippen LogP contribution < -0.4 is 10.5 Å². The van der Waals surface area contributed by atoms with Crippen LogP contribution in [0.4, 0.5) is 0 Å². The fraction of sp³-hybridized carbons (Fsp3) is 0.538. The number of nitrogens with two attached hydrogens (primary N) is 1. The molecule has 0 bridgehead atoms. The lowest BCUT2D eigenvalue weighted by molar-refractivity contribution is 0.410. The van der Waals surface area contributed by atoms with Gasteiger partial charge in [-0.05, 0) is 30.5 Å². The number of unbranched alkanes of at least 4 members (excludes halogenated alkanes) is 1. The smallest absolute Gasteiger partial charge is 0.122 e. The monoisotopic (exact) mass is 243 g/mol. The van der Waals surface area contributed by atoms with Crippen LogP contribution in [0.25, 0.3) is 0 Å². The van der Waals surface area contributed by atoms with Gasteiger partial charge in [0, 0.05) is 6.04 Å². The Morgan fingerprint density at radius 3 is 2.62 bits per heavy atom. The second kappa shape index (κ2) is 7.53. The number of aryl methyl sites for hydroxylation is 1. The molecule has 0 amide bonds. The van der Waals surface area contributed by atoms with E-state index in [2.05, 4.69) is 25.1 Å². The minimum Gasteiger partial charge on any atom is -0.496 e. The van der Waals surface area contributed by atoms with E-state index in [-0.39, 0.29) is 18.4 Å². The van der Waals surface area contributed by atoms with Gasteiger partial charge in [0.15, 0.2) is 0 Å². The van der Waals surface area contributed by atoms with Crippen molar-refractivity contribution in [3.8, 4) is 5.75 Å². The van der Waals surface area contributed by atoms with E-state index >= 15 is 0 Å². The Bertz CT molecular complexity index is 315. The van der Waals surface area contributed by atoms with Crippen molar-refractivity contribution in [3.63, 3.8) is 0 Å². The predicted molar refractivity (Wildman–Crippen MR) is 71.4 cm³/mol. The van der Waals surface area contributed by atoms with Gasteiger partial charge in [0.25, 0.3) is 0 Å². The molecule has 1 aromatic carbocycles. The van der Waals surface area contributed by atoms with Gasteiger partial charge in [0.05, 0.1) is 7.11 Å². The zero-order chi connectivity index (χ0) is 11.3. The van der Waals surface area contributed by atoms with Gasteiger partial charge in [-0.3, -0.25) is 0 Å². The molecule has 0 saturated carbocycles. The van der Waals surface area contributed by atoms with Crippen LogP contribution in [0.15, 0.2) is 18.2 Å². The zero-order valence-electron chi connectivity index (χ0n) is 10.3. The number of ether oxygens (including phenoxy) is 1. The van der Waals surface area contributed by atoms with Crippen molar-refractivity contribution in [2.75, 3.05) is 7.11 Å². The Morgan fingerprint density at radius 2 is 2.06 bits per heavy atom. The fourth-order valence-electron chi connectivity index (χ4n) is 1.66. The third kappa shape index (κ3) is 4.03. The molecule has 0 heterocycles. The van der Waals surface area contributed by atoms with Crippen molar-refractivity contribution < 1.29 is 4.74 Å². The molecule has 0 spiro atoms. The van der Waals surface area contributed by atoms with Gasteiger partial charge < -0.3 is 10.5 Å². The Kier molecular flexibility index (Phi) is 7.18. The van der Waals surface area contributed by atoms with Gasteiger partial charge in [-0.25, -0.2) is 0 Å². The van der Waals surface area contributed by atoms with E-state index in [1.54, 1.807) is 7.11 Å². The predicted octanol–water partition coefficient (Wildman–Crippen LogP) is 3.62. The molecule has 0 saturated heterocycles. The first-order valence-corrected chi connectivity index (χ1v) is 5.59. The van der Waals surface area contributed by atoms with Crippen LogP contribution in [0.2, 0.25) is 0 Å². The van der Waals surface area contributed by atoms with Crippen LogP contribution >= 0.6 is 12.4 Å². The summed E-state index contributed by atoms with van der Waals surface area (Å²) in [5.41, 5.74) is 8.43. The molecule has 3 heteroatoms. The molecule has 0 fully saturated rings. The lowest BCUT2D eigenvalue weighted by Crippen LogP contribution is -2.10. The Morgan fingerprint density at radius 1 is 1.38 bits per heavy atom. The van der Waals surface area contributed by atoms with E-state index in [1.807, 2.05) is 6.92 Å². The summed E-state index contributed by atoms with van der Waals surface area (Å²) in [6, 6.07) is 6.35. The second-order valence-electron chi connectivity index (χ2n) is 3.98. The van der Waals surface area contributed by atoms with Crippen LogP contribution in [-0.2, 0) is 0 Å². The van der Waals surface area contributed by atoms with Gasteiger partial charge in [-0.1, -0.05) is 31.9 Å². The summed E-state index contributed by atoms with van der Waals surface area (Å²) in [7, 11) is 1.70. The van der Waals surface area contributed by atoms with Crippen molar-refractivity contribution in [2.45, 2.75) is 39.2 Å². The highest BCUT2D eigenvalue weighted by atomic mass is 35.5. The number of hydrogen-bond donors (Lipinski definition) is 1. The van der Waals surface area contributed by atoms with Gasteiger partial charge in [-0.2, -0.15) is 0 Å². The molecule has 1 rings (SSSR count). The van der Waals surface area contributed by atoms with Gasteiger partial charge >= 0.3 is 0 Å². The second-order valence-corrected chi connectivity index (χ2v) is 3.98. The average Bonchev–Trinajstić information content (AvgIpc) is 2.26. The van der Waals surface area contributed by atoms with E-state index < -0.39 is 0 Å². The minimum atomic E-state index is 0. The summed E-state index contributed by atoms with van der Waals surface area (Å²) in [4.78, 5) is 0. The Hall–Kier alpha value is -0.730. The molecule has 1 atom stereocenters. The molecule has 2 N–H and O–H groups in total. The quantitative estimate of drug-likeness (QED) is 0.858. The lowest BCUT2D eigenvalue weighted by Gasteiger charge is -2.13. The van der Waals surface area contributed by atoms with E-state index in [4.69, 9.17) is 10.5 Å². The molecule has 0 aliphatic rings. The molecular formula is C13H22ClNO. The van der Waals surface area contributed by atoms with Crippen LogP contribution in [0.1, 0.15) is 43.4 Å². The van der Waals surface area contributed by atoms with Gasteiger partial charge in [0.1, 0.15) is 5.75 Å². The average molecular weight is 244 g/mol. The first kappa shape index (κ1) is 15.3. The summed E-state index contributed by atoms with van der Waals surface area (Å²) >= 11 is 0. The summed E-state index contributed by atoms with van der Waals surface area (Å²) in [6.45, 7) is 4.22. The van der Waals surface area contributed by atoms with Gasteiger partial charge in [-0.15, -0.1) is 12.4 Å². The summed E-state index contributed by atoms with van der Waals surface area (Å²) in [6.07, 6.45) is 3.41. The summed E-state index contributed by atoms with van der Waals surface area (Å²) in [5.74, 6) is 0.930. The Balaban J connectivity index is 0.00000225. The van der Waals surface area contributed by atoms with E-state index in [0.717, 1.165) is 17.7 Å². The molecule has 0 aliphatic carbocycles. The van der Waals surface area contributed by atoms with E-state index in [1.165, 1.54) is 18.4 Å². The third-order valence-electron chi connectivity index (χ3n) is 2.73. The maximum atomic E-state index is 6.10. The standard InChI is InChI=1S/C13H21NO.ClH/c1-4-5-6-12(14)11-8-7-10(2)13(9-11)15-3;/h7-9,12H,4-6,14H2,1-3H3;1H/t12-;/m1./s1. The number of hydrogen-bond acceptors (Lipinski definition) is 2. The molecule has 92 valence electrons. The topological polar surface area (TPSA) is 35.2 Å². The molecule has 16 heavy (non-hydrogen) atoms. The minimum absolute atomic E-state index is 0. The third-order valence-corrected chi connectivity index (χ3v) is 2.73. The van der Waals surface area contributed by atoms with Crippen molar-refractivity contribution in [3.05, 3.63) is 29.3 Å². The number of methoxy groups -OCH3 is 1. The molecular weight excluding hydrogens is 222 g/mol. The highest BCUT2D eigenvalue weighted by Crippen LogP contribution is 2.24. The number of benzene rings is 1. The van der Waals surface area contributed by atoms with Crippen molar-refractivity contribution in [2.24, 2.45) is 5.73 Å². The molecule has 0 aromatic heterocycles. The zero-order valence-corrected chi connectivity index (χ0v) is 11.1. The van der Waals surface area contributed by atoms with Crippen molar-refractivity contribution in [1.82, 2.24) is 0 Å². The first-order chi connectivity index (χ1) is 7.19. The molecule has 1 aromatic rings. The maximum Gasteiger partial charge on any atom is 0.122 e. The van der Waals surface area contributed by atoms with Crippen molar-refractivity contribution in [1.29, 1.82) is 0 Å². The first-order valence-electron chi connectivity index (χ1n) is 5.59. The number of rotatable bonds is 5.